The molecule has 0 spiro atoms. The maximum absolute atomic E-state index is 11.8. The Hall–Kier alpha value is -2.36. The van der Waals surface area contributed by atoms with Gasteiger partial charge in [0.15, 0.2) is 16.8 Å². The van der Waals surface area contributed by atoms with E-state index in [1.165, 1.54) is 12.1 Å². The third-order valence-corrected chi connectivity index (χ3v) is 3.57. The zero-order chi connectivity index (χ0) is 14.8. The lowest BCUT2D eigenvalue weighted by atomic mass is 10.0. The van der Waals surface area contributed by atoms with Gasteiger partial charge in [0.2, 0.25) is 0 Å². The first-order valence-corrected chi connectivity index (χ1v) is 7.24. The van der Waals surface area contributed by atoms with Crippen molar-refractivity contribution in [3.63, 3.8) is 0 Å². The van der Waals surface area contributed by atoms with Gasteiger partial charge < -0.3 is 9.52 Å². The number of fused-ring (bicyclic) bond motifs is 2. The van der Waals surface area contributed by atoms with E-state index in [4.69, 9.17) is 4.42 Å². The van der Waals surface area contributed by atoms with Crippen LogP contribution in [0.4, 0.5) is 0 Å². The van der Waals surface area contributed by atoms with Crippen molar-refractivity contribution in [3.05, 3.63) is 46.1 Å². The van der Waals surface area contributed by atoms with Gasteiger partial charge in [-0.05, 0) is 36.6 Å². The molecule has 4 heteroatoms. The summed E-state index contributed by atoms with van der Waals surface area (Å²) < 4.78 is 5.73. The maximum Gasteiger partial charge on any atom is 0.182 e. The fraction of sp³-hybridized carbons (Fsp3) is 0.294. The smallest absolute Gasteiger partial charge is 0.182 e. The van der Waals surface area contributed by atoms with E-state index in [2.05, 4.69) is 11.9 Å². The van der Waals surface area contributed by atoms with Gasteiger partial charge in [-0.2, -0.15) is 0 Å². The Morgan fingerprint density at radius 3 is 2.86 bits per heavy atom. The van der Waals surface area contributed by atoms with Gasteiger partial charge in [-0.15, -0.1) is 0 Å². The third-order valence-electron chi connectivity index (χ3n) is 3.57. The van der Waals surface area contributed by atoms with Crippen LogP contribution in [0.5, 0.6) is 5.75 Å². The normalized spacial score (nSPS) is 11.3. The van der Waals surface area contributed by atoms with E-state index in [0.717, 1.165) is 36.9 Å². The molecule has 1 heterocycles. The van der Waals surface area contributed by atoms with Crippen LogP contribution in [0.25, 0.3) is 22.6 Å². The highest BCUT2D eigenvalue weighted by molar-refractivity contribution is 5.78. The van der Waals surface area contributed by atoms with Crippen LogP contribution in [0.15, 0.2) is 39.5 Å². The van der Waals surface area contributed by atoms with Crippen LogP contribution >= 0.6 is 0 Å². The molecule has 1 aliphatic heterocycles. The van der Waals surface area contributed by atoms with Crippen LogP contribution in [0.3, 0.4) is 0 Å². The summed E-state index contributed by atoms with van der Waals surface area (Å²) in [4.78, 5) is 16.4. The molecule has 4 nitrogen and oxygen atoms in total. The molecule has 1 aromatic carbocycles. The SMILES string of the molecule is CCCCCc1cc(=O)cc2oc3cc(O)ccc3nc1-2. The number of aromatic nitrogens is 1. The topological polar surface area (TPSA) is 63.3 Å². The van der Waals surface area contributed by atoms with Gasteiger partial charge in [0.1, 0.15) is 17.0 Å². The predicted molar refractivity (Wildman–Crippen MR) is 81.8 cm³/mol. The Morgan fingerprint density at radius 2 is 2.05 bits per heavy atom. The molecule has 0 bridgehead atoms. The standard InChI is InChI=1S/C17H17NO3/c1-2-3-4-5-11-8-13(20)10-16-17(11)18-14-7-6-12(19)9-15(14)21-16/h6-10,19H,2-5H2,1H3. The van der Waals surface area contributed by atoms with Crippen molar-refractivity contribution in [1.29, 1.82) is 0 Å². The molecule has 108 valence electrons. The molecule has 0 aromatic heterocycles. The minimum Gasteiger partial charge on any atom is -0.508 e. The summed E-state index contributed by atoms with van der Waals surface area (Å²) in [5, 5.41) is 9.51. The molecule has 2 aliphatic rings. The van der Waals surface area contributed by atoms with Crippen LogP contribution < -0.4 is 5.43 Å². The lowest BCUT2D eigenvalue weighted by Gasteiger charge is -2.11. The summed E-state index contributed by atoms with van der Waals surface area (Å²) in [6, 6.07) is 7.90. The quantitative estimate of drug-likeness (QED) is 0.585. The predicted octanol–water partition coefficient (Wildman–Crippen LogP) is 3.73. The lowest BCUT2D eigenvalue weighted by molar-refractivity contribution is 0.474. The largest absolute Gasteiger partial charge is 0.508 e. The second-order valence-corrected chi connectivity index (χ2v) is 5.25. The second kappa shape index (κ2) is 5.56. The number of hydrogen-bond acceptors (Lipinski definition) is 4. The van der Waals surface area contributed by atoms with Crippen LogP contribution in [-0.2, 0) is 6.42 Å². The zero-order valence-corrected chi connectivity index (χ0v) is 11.9. The van der Waals surface area contributed by atoms with E-state index in [-0.39, 0.29) is 11.2 Å². The van der Waals surface area contributed by atoms with Crippen LogP contribution in [-0.4, -0.2) is 10.1 Å². The first kappa shape index (κ1) is 13.6. The molecule has 3 rings (SSSR count). The van der Waals surface area contributed by atoms with Gasteiger partial charge in [-0.3, -0.25) is 4.79 Å². The number of aromatic hydroxyl groups is 1. The summed E-state index contributed by atoms with van der Waals surface area (Å²) in [7, 11) is 0. The highest BCUT2D eigenvalue weighted by Gasteiger charge is 2.15. The Kier molecular flexibility index (Phi) is 3.60. The molecule has 0 fully saturated rings. The molecule has 1 N–H and O–H groups in total. The molecule has 0 saturated heterocycles. The molecule has 0 saturated carbocycles. The number of benzene rings is 2. The number of unbranched alkanes of at least 4 members (excludes halogenated alkanes) is 2. The molecule has 1 aromatic rings. The van der Waals surface area contributed by atoms with Gasteiger partial charge in [0.05, 0.1) is 0 Å². The van der Waals surface area contributed by atoms with Gasteiger partial charge >= 0.3 is 0 Å². The van der Waals surface area contributed by atoms with E-state index in [1.54, 1.807) is 18.2 Å². The number of aryl methyl sites for hydroxylation is 1. The lowest BCUT2D eigenvalue weighted by Crippen LogP contribution is -2.06. The van der Waals surface area contributed by atoms with Gasteiger partial charge in [0.25, 0.3) is 0 Å². The minimum atomic E-state index is -0.0703. The molecule has 0 amide bonds. The summed E-state index contributed by atoms with van der Waals surface area (Å²) in [5.74, 6) is 0.598. The zero-order valence-electron chi connectivity index (χ0n) is 11.9. The number of nitrogens with zero attached hydrogens (tertiary/aromatic N) is 1. The Labute approximate surface area is 122 Å². The number of phenols is 1. The number of phenolic OH excluding ortho intramolecular Hbond substituents is 1. The van der Waals surface area contributed by atoms with Crippen molar-refractivity contribution >= 4 is 11.1 Å². The third kappa shape index (κ3) is 2.75. The molecule has 0 radical (unpaired) electrons. The van der Waals surface area contributed by atoms with Crippen LogP contribution in [0.2, 0.25) is 0 Å². The Balaban J connectivity index is 2.16. The van der Waals surface area contributed by atoms with E-state index < -0.39 is 0 Å². The molecule has 21 heavy (non-hydrogen) atoms. The second-order valence-electron chi connectivity index (χ2n) is 5.25. The van der Waals surface area contributed by atoms with Crippen molar-refractivity contribution in [1.82, 2.24) is 4.98 Å². The average Bonchev–Trinajstić information content (AvgIpc) is 2.45. The van der Waals surface area contributed by atoms with E-state index >= 15 is 0 Å². The highest BCUT2D eigenvalue weighted by atomic mass is 16.3. The summed E-state index contributed by atoms with van der Waals surface area (Å²) in [6.07, 6.45) is 4.12. The van der Waals surface area contributed by atoms with Crippen molar-refractivity contribution in [2.45, 2.75) is 32.6 Å². The summed E-state index contributed by atoms with van der Waals surface area (Å²) in [6.45, 7) is 2.15. The number of rotatable bonds is 4. The van der Waals surface area contributed by atoms with Gasteiger partial charge in [0, 0.05) is 12.1 Å². The fourth-order valence-electron chi connectivity index (χ4n) is 2.51. The van der Waals surface area contributed by atoms with E-state index in [0.29, 0.717) is 16.9 Å². The first-order valence-electron chi connectivity index (χ1n) is 7.24. The van der Waals surface area contributed by atoms with Crippen molar-refractivity contribution in [2.24, 2.45) is 0 Å². The molecule has 0 atom stereocenters. The minimum absolute atomic E-state index is 0.0703. The van der Waals surface area contributed by atoms with Gasteiger partial charge in [-0.1, -0.05) is 19.8 Å². The van der Waals surface area contributed by atoms with Crippen molar-refractivity contribution in [2.75, 3.05) is 0 Å². The van der Waals surface area contributed by atoms with Crippen molar-refractivity contribution in [3.8, 4) is 17.2 Å². The number of hydrogen-bond donors (Lipinski definition) is 1. The molecular weight excluding hydrogens is 266 g/mol. The first-order chi connectivity index (χ1) is 10.2. The Bertz CT molecular complexity index is 807. The van der Waals surface area contributed by atoms with Crippen LogP contribution in [0.1, 0.15) is 31.7 Å². The van der Waals surface area contributed by atoms with Gasteiger partial charge in [-0.25, -0.2) is 4.98 Å². The summed E-state index contributed by atoms with van der Waals surface area (Å²) >= 11 is 0. The van der Waals surface area contributed by atoms with E-state index in [1.807, 2.05) is 0 Å². The summed E-state index contributed by atoms with van der Waals surface area (Å²) in [5.41, 5.74) is 2.76. The average molecular weight is 283 g/mol. The van der Waals surface area contributed by atoms with Crippen LogP contribution in [0, 0.1) is 0 Å². The highest BCUT2D eigenvalue weighted by Crippen LogP contribution is 2.29. The molecular formula is C17H17NO3. The monoisotopic (exact) mass is 283 g/mol. The fourth-order valence-corrected chi connectivity index (χ4v) is 2.51. The van der Waals surface area contributed by atoms with E-state index in [9.17, 15) is 9.90 Å². The maximum atomic E-state index is 11.8. The molecule has 0 unspecified atom stereocenters. The Morgan fingerprint density at radius 1 is 1.19 bits per heavy atom. The molecule has 1 aliphatic carbocycles. The van der Waals surface area contributed by atoms with Crippen molar-refractivity contribution < 1.29 is 9.52 Å².